The van der Waals surface area contributed by atoms with Crippen molar-refractivity contribution in [2.24, 2.45) is 0 Å². The third-order valence-electron chi connectivity index (χ3n) is 1.45. The van der Waals surface area contributed by atoms with Gasteiger partial charge in [-0.2, -0.15) is 21.6 Å². The lowest BCUT2D eigenvalue weighted by Gasteiger charge is -2.06. The van der Waals surface area contributed by atoms with Crippen LogP contribution in [0.2, 0.25) is 0 Å². The molecule has 0 saturated carbocycles. The molecule has 0 heterocycles. The summed E-state index contributed by atoms with van der Waals surface area (Å²) < 4.78 is 67.3. The maximum absolute atomic E-state index is 12.1. The first kappa shape index (κ1) is 11.0. The summed E-state index contributed by atoms with van der Waals surface area (Å²) >= 11 is 0. The van der Waals surface area contributed by atoms with Crippen LogP contribution in [-0.4, -0.2) is 8.42 Å². The molecule has 0 amide bonds. The predicted molar refractivity (Wildman–Crippen MR) is 39.3 cm³/mol. The fourth-order valence-corrected chi connectivity index (χ4v) is 1.34. The van der Waals surface area contributed by atoms with Gasteiger partial charge in [0.05, 0.1) is 10.5 Å². The molecule has 0 aliphatic heterocycles. The molecule has 1 aromatic carbocycles. The Kier molecular flexibility index (Phi) is 2.55. The number of alkyl halides is 3. The number of rotatable bonds is 1. The van der Waals surface area contributed by atoms with Gasteiger partial charge in [-0.25, -0.2) is 0 Å². The topological polar surface area (TPSA) is 54.0 Å². The van der Waals surface area contributed by atoms with Crippen molar-refractivity contribution in [2.45, 2.75) is 11.1 Å². The zero-order valence-corrected chi connectivity index (χ0v) is 7.39. The molecule has 0 atom stereocenters. The normalized spacial score (nSPS) is 12.9. The van der Waals surface area contributed by atoms with E-state index in [0.717, 1.165) is 12.1 Å². The molecule has 0 fully saturated rings. The zero-order chi connectivity index (χ0) is 11.0. The highest BCUT2D eigenvalue weighted by Crippen LogP contribution is 2.30. The van der Waals surface area contributed by atoms with Gasteiger partial charge >= 0.3 is 16.3 Å². The van der Waals surface area contributed by atoms with E-state index in [0.29, 0.717) is 12.1 Å². The van der Waals surface area contributed by atoms with E-state index in [4.69, 9.17) is 0 Å². The van der Waals surface area contributed by atoms with E-state index in [1.807, 2.05) is 0 Å². The quantitative estimate of drug-likeness (QED) is 0.732. The van der Waals surface area contributed by atoms with E-state index in [1.165, 1.54) is 0 Å². The molecular weight excluding hydrogens is 221 g/mol. The van der Waals surface area contributed by atoms with Crippen LogP contribution in [0.3, 0.4) is 0 Å². The minimum atomic E-state index is -4.84. The van der Waals surface area contributed by atoms with Gasteiger partial charge in [-0.15, -0.1) is 0 Å². The Morgan fingerprint density at radius 2 is 1.71 bits per heavy atom. The minimum Gasteiger partial charge on any atom is -0.192 e. The van der Waals surface area contributed by atoms with Crippen molar-refractivity contribution in [3.63, 3.8) is 0 Å². The predicted octanol–water partition coefficient (Wildman–Crippen LogP) is 1.82. The van der Waals surface area contributed by atoms with Gasteiger partial charge in [0.25, 0.3) is 0 Å². The fraction of sp³-hybridized carbons (Fsp3) is 0.143. The van der Waals surface area contributed by atoms with Crippen LogP contribution in [0.15, 0.2) is 29.2 Å². The van der Waals surface area contributed by atoms with Gasteiger partial charge in [0.1, 0.15) is 0 Å². The van der Waals surface area contributed by atoms with Crippen molar-refractivity contribution in [1.29, 1.82) is 0 Å². The van der Waals surface area contributed by atoms with Gasteiger partial charge in [-0.3, -0.25) is 0 Å². The first-order chi connectivity index (χ1) is 6.21. The van der Waals surface area contributed by atoms with Crippen molar-refractivity contribution >= 4 is 10.1 Å². The van der Waals surface area contributed by atoms with Crippen LogP contribution >= 0.6 is 0 Å². The summed E-state index contributed by atoms with van der Waals surface area (Å²) in [5.74, 6) is 0. The summed E-state index contributed by atoms with van der Waals surface area (Å²) in [4.78, 5) is -0.882. The molecule has 1 rings (SSSR count). The maximum atomic E-state index is 12.1. The molecule has 0 N–H and O–H groups in total. The molecule has 1 radical (unpaired) electrons. The molecule has 77 valence electrons. The number of halogens is 3. The van der Waals surface area contributed by atoms with Crippen LogP contribution in [0.1, 0.15) is 5.56 Å². The average molecular weight is 225 g/mol. The van der Waals surface area contributed by atoms with Gasteiger partial charge < -0.3 is 0 Å². The summed E-state index contributed by atoms with van der Waals surface area (Å²) in [7, 11) is -4.84. The Morgan fingerprint density at radius 1 is 1.14 bits per heavy atom. The summed E-state index contributed by atoms with van der Waals surface area (Å²) in [6, 6.07) is 2.68. The number of benzene rings is 1. The highest BCUT2D eigenvalue weighted by molar-refractivity contribution is 7.85. The third kappa shape index (κ3) is 2.46. The van der Waals surface area contributed by atoms with Crippen molar-refractivity contribution in [1.82, 2.24) is 0 Å². The van der Waals surface area contributed by atoms with E-state index in [9.17, 15) is 26.1 Å². The Balaban J connectivity index is 3.29. The Bertz CT molecular complexity index is 436. The van der Waals surface area contributed by atoms with E-state index >= 15 is 0 Å². The molecule has 0 spiro atoms. The van der Waals surface area contributed by atoms with Crippen LogP contribution < -0.4 is 0 Å². The lowest BCUT2D eigenvalue weighted by atomic mass is 10.2. The molecular formula is C7H4F3O3S. The van der Waals surface area contributed by atoms with Crippen LogP contribution in [-0.2, 0) is 20.8 Å². The second-order valence-corrected chi connectivity index (χ2v) is 3.86. The SMILES string of the molecule is [O]S(=O)(=O)c1cccc(C(F)(F)F)c1. The Morgan fingerprint density at radius 3 is 2.14 bits per heavy atom. The van der Waals surface area contributed by atoms with E-state index in [1.54, 1.807) is 0 Å². The smallest absolute Gasteiger partial charge is 0.192 e. The largest absolute Gasteiger partial charge is 0.416 e. The number of hydrogen-bond donors (Lipinski definition) is 0. The van der Waals surface area contributed by atoms with Gasteiger partial charge in [0.2, 0.25) is 0 Å². The van der Waals surface area contributed by atoms with Gasteiger partial charge in [0.15, 0.2) is 0 Å². The average Bonchev–Trinajstić information content (AvgIpc) is 2.01. The first-order valence-corrected chi connectivity index (χ1v) is 4.75. The van der Waals surface area contributed by atoms with Crippen LogP contribution in [0, 0.1) is 0 Å². The molecule has 3 nitrogen and oxygen atoms in total. The monoisotopic (exact) mass is 225 g/mol. The molecule has 0 aliphatic carbocycles. The summed E-state index contributed by atoms with van der Waals surface area (Å²) in [6.07, 6.45) is -4.65. The third-order valence-corrected chi connectivity index (χ3v) is 2.28. The highest BCUT2D eigenvalue weighted by Gasteiger charge is 2.31. The summed E-state index contributed by atoms with van der Waals surface area (Å²) in [6.45, 7) is 0. The Labute approximate surface area is 77.9 Å². The van der Waals surface area contributed by atoms with Crippen molar-refractivity contribution in [3.8, 4) is 0 Å². The fourth-order valence-electron chi connectivity index (χ4n) is 0.828. The van der Waals surface area contributed by atoms with Gasteiger partial charge in [-0.1, -0.05) is 10.6 Å². The molecule has 0 bridgehead atoms. The highest BCUT2D eigenvalue weighted by atomic mass is 32.2. The van der Waals surface area contributed by atoms with E-state index < -0.39 is 26.8 Å². The van der Waals surface area contributed by atoms with E-state index in [2.05, 4.69) is 0 Å². The molecule has 14 heavy (non-hydrogen) atoms. The van der Waals surface area contributed by atoms with Crippen LogP contribution in [0.5, 0.6) is 0 Å². The lowest BCUT2D eigenvalue weighted by Crippen LogP contribution is -2.06. The molecule has 1 aromatic rings. The van der Waals surface area contributed by atoms with Gasteiger partial charge in [-0.05, 0) is 18.2 Å². The van der Waals surface area contributed by atoms with Crippen molar-refractivity contribution < 1.29 is 26.1 Å². The molecule has 0 aliphatic rings. The molecule has 0 unspecified atom stereocenters. The van der Waals surface area contributed by atoms with Crippen LogP contribution in [0.25, 0.3) is 0 Å². The van der Waals surface area contributed by atoms with Crippen LogP contribution in [0.4, 0.5) is 13.2 Å². The first-order valence-electron chi connectivity index (χ1n) is 3.34. The summed E-state index contributed by atoms with van der Waals surface area (Å²) in [5.41, 5.74) is -1.16. The summed E-state index contributed by atoms with van der Waals surface area (Å²) in [5, 5.41) is 0. The molecule has 0 aromatic heterocycles. The zero-order valence-electron chi connectivity index (χ0n) is 6.58. The maximum Gasteiger partial charge on any atom is 0.416 e. The standard InChI is InChI=1S/C7H4F3O3S/c8-7(9,10)5-2-1-3-6(4-5)14(11,12)13/h1-4H. The van der Waals surface area contributed by atoms with E-state index in [-0.39, 0.29) is 0 Å². The van der Waals surface area contributed by atoms with Crippen molar-refractivity contribution in [2.75, 3.05) is 0 Å². The second-order valence-electron chi connectivity index (χ2n) is 2.48. The lowest BCUT2D eigenvalue weighted by molar-refractivity contribution is -0.137. The van der Waals surface area contributed by atoms with Crippen molar-refractivity contribution in [3.05, 3.63) is 29.8 Å². The Hall–Kier alpha value is -1.08. The molecule has 0 saturated heterocycles. The number of hydrogen-bond acceptors (Lipinski definition) is 2. The second kappa shape index (κ2) is 3.25. The molecule has 7 heteroatoms. The van der Waals surface area contributed by atoms with Gasteiger partial charge in [0, 0.05) is 0 Å². The minimum absolute atomic E-state index is 0.308.